The number of ether oxygens (including phenoxy) is 1. The van der Waals surface area contributed by atoms with E-state index in [2.05, 4.69) is 33.0 Å². The molecule has 0 aromatic heterocycles. The highest BCUT2D eigenvalue weighted by Crippen LogP contribution is 2.45. The Morgan fingerprint density at radius 1 is 0.966 bits per heavy atom. The number of nitrogens with two attached hydrogens (primary N) is 1. The van der Waals surface area contributed by atoms with Gasteiger partial charge in [0.1, 0.15) is 0 Å². The van der Waals surface area contributed by atoms with Crippen LogP contribution in [0.3, 0.4) is 0 Å². The number of nitrogens with one attached hydrogen (secondary N) is 1. The summed E-state index contributed by atoms with van der Waals surface area (Å²) in [6.07, 6.45) is 16.3. The Morgan fingerprint density at radius 3 is 2.14 bits per heavy atom. The average Bonchev–Trinajstić information content (AvgIpc) is 2.60. The molecule has 0 amide bonds. The second kappa shape index (κ2) is 14.8. The van der Waals surface area contributed by atoms with Gasteiger partial charge in [-0.15, -0.1) is 0 Å². The molecular formula is C25H52N2O2. The normalized spacial score (nSPS) is 25.2. The third-order valence-corrected chi connectivity index (χ3v) is 6.36. The van der Waals surface area contributed by atoms with Crippen LogP contribution in [-0.4, -0.2) is 43.6 Å². The fraction of sp³-hybridized carbons (Fsp3) is 1.00. The van der Waals surface area contributed by atoms with Crippen LogP contribution in [-0.2, 0) is 4.74 Å². The van der Waals surface area contributed by atoms with Crippen LogP contribution < -0.4 is 11.1 Å². The molecule has 0 heterocycles. The molecule has 4 N–H and O–H groups in total. The van der Waals surface area contributed by atoms with E-state index in [1.54, 1.807) is 0 Å². The lowest BCUT2D eigenvalue weighted by atomic mass is 9.63. The number of rotatable bonds is 17. The van der Waals surface area contributed by atoms with Crippen LogP contribution in [0.1, 0.15) is 111 Å². The third-order valence-electron chi connectivity index (χ3n) is 6.36. The van der Waals surface area contributed by atoms with Gasteiger partial charge in [0.2, 0.25) is 0 Å². The summed E-state index contributed by atoms with van der Waals surface area (Å²) in [5.41, 5.74) is 6.81. The highest BCUT2D eigenvalue weighted by atomic mass is 16.5. The molecule has 4 heteroatoms. The molecule has 1 fully saturated rings. The van der Waals surface area contributed by atoms with Crippen molar-refractivity contribution in [3.05, 3.63) is 0 Å². The van der Waals surface area contributed by atoms with Crippen molar-refractivity contribution in [2.45, 2.75) is 123 Å². The third kappa shape index (κ3) is 13.7. The number of aliphatic hydroxyl groups is 1. The van der Waals surface area contributed by atoms with Crippen LogP contribution in [0.5, 0.6) is 0 Å². The molecule has 0 saturated heterocycles. The summed E-state index contributed by atoms with van der Waals surface area (Å²) in [6.45, 7) is 12.0. The van der Waals surface area contributed by atoms with Gasteiger partial charge >= 0.3 is 0 Å². The molecule has 1 saturated carbocycles. The van der Waals surface area contributed by atoms with Gasteiger partial charge in [-0.05, 0) is 36.5 Å². The second-order valence-corrected chi connectivity index (χ2v) is 10.9. The Morgan fingerprint density at radius 2 is 1.55 bits per heavy atom. The first-order valence-corrected chi connectivity index (χ1v) is 12.5. The molecule has 0 aromatic rings. The van der Waals surface area contributed by atoms with Gasteiger partial charge in [-0.25, -0.2) is 0 Å². The minimum Gasteiger partial charge on any atom is -0.389 e. The van der Waals surface area contributed by atoms with Gasteiger partial charge in [-0.2, -0.15) is 0 Å². The number of hydrogen-bond acceptors (Lipinski definition) is 4. The van der Waals surface area contributed by atoms with Gasteiger partial charge in [0.15, 0.2) is 0 Å². The monoisotopic (exact) mass is 412 g/mol. The van der Waals surface area contributed by atoms with Crippen molar-refractivity contribution in [1.29, 1.82) is 0 Å². The molecule has 29 heavy (non-hydrogen) atoms. The molecule has 0 radical (unpaired) electrons. The van der Waals surface area contributed by atoms with E-state index in [0.29, 0.717) is 24.6 Å². The van der Waals surface area contributed by atoms with Gasteiger partial charge in [0.05, 0.1) is 12.7 Å². The standard InChI is InChI=1S/C25H52N2O2/c1-5-6-7-8-9-10-11-12-13-14-15-29-19-23(28)18-27-21-25(4)17-22(26)16-24(2,3)20-25/h22-23,27-28H,5-21,26H2,1-4H3. The maximum absolute atomic E-state index is 10.2. The fourth-order valence-corrected chi connectivity index (χ4v) is 5.36. The zero-order valence-electron chi connectivity index (χ0n) is 20.1. The number of unbranched alkanes of at least 4 members (excludes halogenated alkanes) is 9. The summed E-state index contributed by atoms with van der Waals surface area (Å²) in [6, 6.07) is 0.292. The molecule has 0 aliphatic heterocycles. The predicted molar refractivity (Wildman–Crippen MR) is 125 cm³/mol. The van der Waals surface area contributed by atoms with E-state index in [-0.39, 0.29) is 5.41 Å². The molecule has 174 valence electrons. The van der Waals surface area contributed by atoms with E-state index in [4.69, 9.17) is 10.5 Å². The molecule has 3 atom stereocenters. The maximum atomic E-state index is 10.2. The molecule has 1 aliphatic rings. The Hall–Kier alpha value is -0.160. The Labute approximate surface area is 181 Å². The van der Waals surface area contributed by atoms with Crippen molar-refractivity contribution in [3.63, 3.8) is 0 Å². The number of hydrogen-bond donors (Lipinski definition) is 3. The van der Waals surface area contributed by atoms with Gasteiger partial charge < -0.3 is 20.9 Å². The molecule has 3 unspecified atom stereocenters. The SMILES string of the molecule is CCCCCCCCCCCCOCC(O)CNCC1(C)CC(N)CC(C)(C)C1. The first-order valence-electron chi connectivity index (χ1n) is 12.5. The molecule has 1 rings (SSSR count). The van der Waals surface area contributed by atoms with E-state index in [1.807, 2.05) is 0 Å². The Bertz CT molecular complexity index is 402. The minimum atomic E-state index is -0.424. The largest absolute Gasteiger partial charge is 0.389 e. The molecule has 0 spiro atoms. The van der Waals surface area contributed by atoms with Gasteiger partial charge in [0.25, 0.3) is 0 Å². The van der Waals surface area contributed by atoms with Gasteiger partial charge in [-0.1, -0.05) is 85.5 Å². The average molecular weight is 413 g/mol. The molecule has 4 nitrogen and oxygen atoms in total. The quantitative estimate of drug-likeness (QED) is 0.279. The fourth-order valence-electron chi connectivity index (χ4n) is 5.36. The summed E-state index contributed by atoms with van der Waals surface area (Å²) < 4.78 is 5.68. The summed E-state index contributed by atoms with van der Waals surface area (Å²) >= 11 is 0. The zero-order valence-corrected chi connectivity index (χ0v) is 20.1. The van der Waals surface area contributed by atoms with Crippen molar-refractivity contribution in [2.75, 3.05) is 26.3 Å². The van der Waals surface area contributed by atoms with Crippen molar-refractivity contribution in [2.24, 2.45) is 16.6 Å². The van der Waals surface area contributed by atoms with Crippen LogP contribution >= 0.6 is 0 Å². The van der Waals surface area contributed by atoms with Crippen LogP contribution in [0.4, 0.5) is 0 Å². The van der Waals surface area contributed by atoms with Crippen molar-refractivity contribution >= 4 is 0 Å². The van der Waals surface area contributed by atoms with Crippen molar-refractivity contribution in [3.8, 4) is 0 Å². The van der Waals surface area contributed by atoms with Crippen molar-refractivity contribution < 1.29 is 9.84 Å². The smallest absolute Gasteiger partial charge is 0.0897 e. The van der Waals surface area contributed by atoms with E-state index in [9.17, 15) is 5.11 Å². The van der Waals surface area contributed by atoms with Crippen LogP contribution in [0.2, 0.25) is 0 Å². The first-order chi connectivity index (χ1) is 13.8. The highest BCUT2D eigenvalue weighted by Gasteiger charge is 2.39. The van der Waals surface area contributed by atoms with Crippen LogP contribution in [0.25, 0.3) is 0 Å². The van der Waals surface area contributed by atoms with E-state index < -0.39 is 6.10 Å². The second-order valence-electron chi connectivity index (χ2n) is 10.9. The summed E-state index contributed by atoms with van der Waals surface area (Å²) in [7, 11) is 0. The Kier molecular flexibility index (Phi) is 13.7. The number of aliphatic hydroxyl groups excluding tert-OH is 1. The molecular weight excluding hydrogens is 360 g/mol. The molecule has 0 aromatic carbocycles. The summed E-state index contributed by atoms with van der Waals surface area (Å²) in [5, 5.41) is 13.6. The van der Waals surface area contributed by atoms with E-state index in [0.717, 1.165) is 32.4 Å². The van der Waals surface area contributed by atoms with Gasteiger partial charge in [0, 0.05) is 25.7 Å². The van der Waals surface area contributed by atoms with Crippen LogP contribution in [0, 0.1) is 10.8 Å². The summed E-state index contributed by atoms with van der Waals surface area (Å²) in [4.78, 5) is 0. The van der Waals surface area contributed by atoms with Gasteiger partial charge in [-0.3, -0.25) is 0 Å². The lowest BCUT2D eigenvalue weighted by Gasteiger charge is -2.46. The maximum Gasteiger partial charge on any atom is 0.0897 e. The topological polar surface area (TPSA) is 67.5 Å². The lowest BCUT2D eigenvalue weighted by Crippen LogP contribution is -2.47. The van der Waals surface area contributed by atoms with Crippen molar-refractivity contribution in [1.82, 2.24) is 5.32 Å². The lowest BCUT2D eigenvalue weighted by molar-refractivity contribution is 0.0305. The minimum absolute atomic E-state index is 0.220. The predicted octanol–water partition coefficient (Wildman–Crippen LogP) is 5.42. The molecule has 0 bridgehead atoms. The first kappa shape index (κ1) is 26.9. The Balaban J connectivity index is 1.95. The van der Waals surface area contributed by atoms with E-state index in [1.165, 1.54) is 64.2 Å². The van der Waals surface area contributed by atoms with Crippen LogP contribution in [0.15, 0.2) is 0 Å². The summed E-state index contributed by atoms with van der Waals surface area (Å²) in [5.74, 6) is 0. The zero-order chi connectivity index (χ0) is 21.6. The highest BCUT2D eigenvalue weighted by molar-refractivity contribution is 4.94. The van der Waals surface area contributed by atoms with E-state index >= 15 is 0 Å². The molecule has 1 aliphatic carbocycles.